The molecule has 2 N–H and O–H groups in total. The Labute approximate surface area is 68.6 Å². The Morgan fingerprint density at radius 3 is 2.64 bits per heavy atom. The molecule has 0 unspecified atom stereocenters. The molecule has 0 aliphatic rings. The first-order chi connectivity index (χ1) is 5.35. The number of hydrogen-bond acceptors (Lipinski definition) is 1. The summed E-state index contributed by atoms with van der Waals surface area (Å²) in [5.41, 5.74) is 6.37. The van der Waals surface area contributed by atoms with Crippen molar-refractivity contribution >= 4 is 0 Å². The van der Waals surface area contributed by atoms with Crippen LogP contribution >= 0.6 is 0 Å². The zero-order valence-electron chi connectivity index (χ0n) is 6.96. The second-order valence-corrected chi connectivity index (χ2v) is 2.08. The Morgan fingerprint density at radius 1 is 1.45 bits per heavy atom. The fourth-order valence-corrected chi connectivity index (χ4v) is 0.666. The van der Waals surface area contributed by atoms with Gasteiger partial charge in [-0.1, -0.05) is 30.9 Å². The molecular weight excluding hydrogens is 134 g/mol. The SMILES string of the molecule is C=C/C(=C\C)C/C=C\C=C/N. The van der Waals surface area contributed by atoms with Crippen LogP contribution in [0.25, 0.3) is 0 Å². The maximum absolute atomic E-state index is 5.14. The van der Waals surface area contributed by atoms with E-state index < -0.39 is 0 Å². The van der Waals surface area contributed by atoms with Crippen LogP contribution in [0.3, 0.4) is 0 Å². The molecule has 0 rings (SSSR count). The highest BCUT2D eigenvalue weighted by atomic mass is 14.5. The fourth-order valence-electron chi connectivity index (χ4n) is 0.666. The lowest BCUT2D eigenvalue weighted by molar-refractivity contribution is 1.27. The van der Waals surface area contributed by atoms with Crippen LogP contribution in [-0.4, -0.2) is 0 Å². The Hall–Kier alpha value is -1.24. The van der Waals surface area contributed by atoms with Gasteiger partial charge in [-0.25, -0.2) is 0 Å². The normalized spacial score (nSPS) is 13.0. The lowest BCUT2D eigenvalue weighted by atomic mass is 10.2. The van der Waals surface area contributed by atoms with Crippen molar-refractivity contribution in [2.75, 3.05) is 0 Å². The highest BCUT2D eigenvalue weighted by molar-refractivity contribution is 5.19. The van der Waals surface area contributed by atoms with Crippen molar-refractivity contribution in [1.29, 1.82) is 0 Å². The van der Waals surface area contributed by atoms with Gasteiger partial charge in [0.1, 0.15) is 0 Å². The number of nitrogens with two attached hydrogens (primary N) is 1. The van der Waals surface area contributed by atoms with Crippen LogP contribution in [0.1, 0.15) is 13.3 Å². The lowest BCUT2D eigenvalue weighted by Gasteiger charge is -1.91. The zero-order valence-corrected chi connectivity index (χ0v) is 6.96. The van der Waals surface area contributed by atoms with E-state index in [-0.39, 0.29) is 0 Å². The van der Waals surface area contributed by atoms with Crippen LogP contribution in [-0.2, 0) is 0 Å². The highest BCUT2D eigenvalue weighted by Crippen LogP contribution is 2.02. The van der Waals surface area contributed by atoms with Crippen molar-refractivity contribution in [1.82, 2.24) is 0 Å². The van der Waals surface area contributed by atoms with Gasteiger partial charge in [0.15, 0.2) is 0 Å². The highest BCUT2D eigenvalue weighted by Gasteiger charge is 1.82. The summed E-state index contributed by atoms with van der Waals surface area (Å²) in [4.78, 5) is 0. The lowest BCUT2D eigenvalue weighted by Crippen LogP contribution is -1.74. The summed E-state index contributed by atoms with van der Waals surface area (Å²) in [7, 11) is 0. The van der Waals surface area contributed by atoms with E-state index in [1.807, 2.05) is 31.2 Å². The van der Waals surface area contributed by atoms with E-state index in [2.05, 4.69) is 6.58 Å². The molecule has 0 amide bonds. The van der Waals surface area contributed by atoms with Crippen LogP contribution in [0.15, 0.2) is 48.7 Å². The maximum Gasteiger partial charge on any atom is -0.00625 e. The van der Waals surface area contributed by atoms with Crippen LogP contribution in [0.4, 0.5) is 0 Å². The summed E-state index contributed by atoms with van der Waals surface area (Å²) in [6.45, 7) is 5.69. The van der Waals surface area contributed by atoms with Crippen LogP contribution in [0, 0.1) is 0 Å². The molecule has 0 saturated carbocycles. The molecule has 0 atom stereocenters. The van der Waals surface area contributed by atoms with Gasteiger partial charge < -0.3 is 5.73 Å². The van der Waals surface area contributed by atoms with E-state index in [4.69, 9.17) is 5.73 Å². The minimum atomic E-state index is 0.921. The van der Waals surface area contributed by atoms with E-state index in [9.17, 15) is 0 Å². The van der Waals surface area contributed by atoms with Crippen molar-refractivity contribution in [3.05, 3.63) is 48.7 Å². The maximum atomic E-state index is 5.14. The quantitative estimate of drug-likeness (QED) is 0.611. The molecule has 0 aromatic heterocycles. The van der Waals surface area contributed by atoms with Gasteiger partial charge in [-0.3, -0.25) is 0 Å². The van der Waals surface area contributed by atoms with Gasteiger partial charge in [0.25, 0.3) is 0 Å². The molecule has 0 fully saturated rings. The Morgan fingerprint density at radius 2 is 2.18 bits per heavy atom. The Bertz CT molecular complexity index is 185. The van der Waals surface area contributed by atoms with Crippen LogP contribution in [0.5, 0.6) is 0 Å². The zero-order chi connectivity index (χ0) is 8.53. The third-order valence-corrected chi connectivity index (χ3v) is 1.34. The van der Waals surface area contributed by atoms with Crippen molar-refractivity contribution in [3.63, 3.8) is 0 Å². The minimum absolute atomic E-state index is 0.921. The minimum Gasteiger partial charge on any atom is -0.405 e. The standard InChI is InChI=1S/C10H15N/c1-3-10(4-2)8-6-5-7-9-11/h3-7,9H,1,8,11H2,2H3/b6-5-,9-7-,10-4+. The molecule has 11 heavy (non-hydrogen) atoms. The monoisotopic (exact) mass is 149 g/mol. The van der Waals surface area contributed by atoms with Gasteiger partial charge in [0, 0.05) is 0 Å². The van der Waals surface area contributed by atoms with Gasteiger partial charge in [0.05, 0.1) is 0 Å². The topological polar surface area (TPSA) is 26.0 Å². The van der Waals surface area contributed by atoms with Crippen molar-refractivity contribution < 1.29 is 0 Å². The third kappa shape index (κ3) is 5.22. The first-order valence-corrected chi connectivity index (χ1v) is 3.66. The van der Waals surface area contributed by atoms with E-state index in [1.165, 1.54) is 11.8 Å². The molecule has 0 radical (unpaired) electrons. The van der Waals surface area contributed by atoms with E-state index in [1.54, 1.807) is 6.08 Å². The smallest absolute Gasteiger partial charge is 0.00625 e. The first kappa shape index (κ1) is 9.76. The molecule has 0 bridgehead atoms. The van der Waals surface area contributed by atoms with E-state index in [0.29, 0.717) is 0 Å². The number of allylic oxidation sites excluding steroid dienone is 6. The Kier molecular flexibility index (Phi) is 6.10. The molecule has 0 saturated heterocycles. The van der Waals surface area contributed by atoms with Gasteiger partial charge in [-0.05, 0) is 31.2 Å². The molecule has 0 aliphatic heterocycles. The summed E-state index contributed by atoms with van der Waals surface area (Å²) in [5, 5.41) is 0. The van der Waals surface area contributed by atoms with Gasteiger partial charge in [-0.15, -0.1) is 0 Å². The summed E-state index contributed by atoms with van der Waals surface area (Å²) in [6.07, 6.45) is 12.1. The second kappa shape index (κ2) is 6.87. The van der Waals surface area contributed by atoms with E-state index >= 15 is 0 Å². The van der Waals surface area contributed by atoms with Crippen molar-refractivity contribution in [2.24, 2.45) is 5.73 Å². The third-order valence-electron chi connectivity index (χ3n) is 1.34. The molecule has 0 aliphatic carbocycles. The summed E-state index contributed by atoms with van der Waals surface area (Å²) in [6, 6.07) is 0. The molecule has 1 nitrogen and oxygen atoms in total. The molecular formula is C10H15N. The van der Waals surface area contributed by atoms with Gasteiger partial charge >= 0.3 is 0 Å². The molecule has 0 aromatic rings. The largest absolute Gasteiger partial charge is 0.405 e. The van der Waals surface area contributed by atoms with Gasteiger partial charge in [-0.2, -0.15) is 0 Å². The predicted octanol–water partition coefficient (Wildman–Crippen LogP) is 2.54. The number of rotatable bonds is 4. The Balaban J connectivity index is 3.77. The molecule has 0 spiro atoms. The van der Waals surface area contributed by atoms with Gasteiger partial charge in [0.2, 0.25) is 0 Å². The second-order valence-electron chi connectivity index (χ2n) is 2.08. The summed E-state index contributed by atoms with van der Waals surface area (Å²) >= 11 is 0. The average Bonchev–Trinajstić information content (AvgIpc) is 2.05. The summed E-state index contributed by atoms with van der Waals surface area (Å²) < 4.78 is 0. The van der Waals surface area contributed by atoms with Crippen LogP contribution in [0.2, 0.25) is 0 Å². The number of hydrogen-bond donors (Lipinski definition) is 1. The fraction of sp³-hybridized carbons (Fsp3) is 0.200. The van der Waals surface area contributed by atoms with Crippen LogP contribution < -0.4 is 5.73 Å². The average molecular weight is 149 g/mol. The predicted molar refractivity (Wildman–Crippen MR) is 51.0 cm³/mol. The molecule has 0 heterocycles. The molecule has 0 aromatic carbocycles. The van der Waals surface area contributed by atoms with Crippen molar-refractivity contribution in [2.45, 2.75) is 13.3 Å². The molecule has 1 heteroatoms. The molecule has 60 valence electrons. The van der Waals surface area contributed by atoms with E-state index in [0.717, 1.165) is 6.42 Å². The summed E-state index contributed by atoms with van der Waals surface area (Å²) in [5.74, 6) is 0. The first-order valence-electron chi connectivity index (χ1n) is 3.66. The van der Waals surface area contributed by atoms with Crippen molar-refractivity contribution in [3.8, 4) is 0 Å².